The monoisotopic (exact) mass is 276 g/mol. The molecule has 0 bridgehead atoms. The summed E-state index contributed by atoms with van der Waals surface area (Å²) in [7, 11) is 2.96. The minimum Gasteiger partial charge on any atom is -0.508 e. The summed E-state index contributed by atoms with van der Waals surface area (Å²) in [6.45, 7) is 0.640. The summed E-state index contributed by atoms with van der Waals surface area (Å²) in [5.41, 5.74) is 1.10. The summed E-state index contributed by atoms with van der Waals surface area (Å²) in [5.74, 6) is 0.654. The Morgan fingerprint density at radius 1 is 1.00 bits per heavy atom. The van der Waals surface area contributed by atoms with Gasteiger partial charge in [0.15, 0.2) is 0 Å². The molecule has 0 unspecified atom stereocenters. The number of ether oxygens (including phenoxy) is 2. The van der Waals surface area contributed by atoms with Crippen LogP contribution in [-0.2, 0) is 6.42 Å². The fraction of sp³-hybridized carbons (Fsp3) is 0.308. The number of nitrogens with zero attached hydrogens (tertiary/aromatic N) is 3. The molecule has 0 spiro atoms. The molecule has 0 saturated carbocycles. The average Bonchev–Trinajstić information content (AvgIpc) is 2.49. The van der Waals surface area contributed by atoms with Crippen molar-refractivity contribution < 1.29 is 14.6 Å². The van der Waals surface area contributed by atoms with Crippen LogP contribution in [0.4, 0.5) is 5.95 Å². The van der Waals surface area contributed by atoms with Gasteiger partial charge in [-0.25, -0.2) is 0 Å². The summed E-state index contributed by atoms with van der Waals surface area (Å²) >= 11 is 0. The van der Waals surface area contributed by atoms with Crippen LogP contribution in [0.2, 0.25) is 0 Å². The number of nitrogens with one attached hydrogen (secondary N) is 1. The second kappa shape index (κ2) is 6.55. The molecule has 0 aliphatic carbocycles. The number of methoxy groups -OCH3 is 2. The van der Waals surface area contributed by atoms with Gasteiger partial charge in [0.1, 0.15) is 5.75 Å². The molecule has 2 aromatic rings. The molecule has 0 radical (unpaired) electrons. The first-order chi connectivity index (χ1) is 9.71. The minimum atomic E-state index is 0.198. The Hall–Kier alpha value is -2.57. The van der Waals surface area contributed by atoms with E-state index in [1.165, 1.54) is 14.2 Å². The highest BCUT2D eigenvalue weighted by molar-refractivity contribution is 5.29. The summed E-state index contributed by atoms with van der Waals surface area (Å²) in [6, 6.07) is 7.44. The normalized spacial score (nSPS) is 10.1. The van der Waals surface area contributed by atoms with Crippen LogP contribution in [0.3, 0.4) is 0 Å². The Bertz CT molecular complexity index is 538. The van der Waals surface area contributed by atoms with E-state index in [0.29, 0.717) is 12.5 Å². The highest BCUT2D eigenvalue weighted by Gasteiger charge is 2.06. The SMILES string of the molecule is COc1nc(NCCc2ccc(O)cc2)nc(OC)n1. The molecule has 0 atom stereocenters. The highest BCUT2D eigenvalue weighted by Crippen LogP contribution is 2.13. The molecule has 0 aliphatic rings. The number of rotatable bonds is 6. The molecule has 106 valence electrons. The van der Waals surface area contributed by atoms with Crippen molar-refractivity contribution in [2.45, 2.75) is 6.42 Å². The first-order valence-electron chi connectivity index (χ1n) is 6.07. The van der Waals surface area contributed by atoms with Crippen molar-refractivity contribution in [1.82, 2.24) is 15.0 Å². The van der Waals surface area contributed by atoms with Gasteiger partial charge in [-0.05, 0) is 24.1 Å². The van der Waals surface area contributed by atoms with Crippen molar-refractivity contribution in [1.29, 1.82) is 0 Å². The van der Waals surface area contributed by atoms with E-state index in [1.54, 1.807) is 12.1 Å². The molecule has 1 heterocycles. The first kappa shape index (κ1) is 13.9. The first-order valence-corrected chi connectivity index (χ1v) is 6.07. The molecular formula is C13H16N4O3. The quantitative estimate of drug-likeness (QED) is 0.820. The molecule has 0 aliphatic heterocycles. The van der Waals surface area contributed by atoms with Gasteiger partial charge in [0, 0.05) is 6.54 Å². The van der Waals surface area contributed by atoms with Gasteiger partial charge in [-0.3, -0.25) is 0 Å². The number of aromatic hydroxyl groups is 1. The number of phenolic OH excluding ortho intramolecular Hbond substituents is 1. The van der Waals surface area contributed by atoms with Crippen LogP contribution in [-0.4, -0.2) is 40.8 Å². The lowest BCUT2D eigenvalue weighted by Gasteiger charge is -2.07. The van der Waals surface area contributed by atoms with E-state index in [4.69, 9.17) is 9.47 Å². The Labute approximate surface area is 116 Å². The lowest BCUT2D eigenvalue weighted by molar-refractivity contribution is 0.341. The third-order valence-corrected chi connectivity index (χ3v) is 2.59. The topological polar surface area (TPSA) is 89.4 Å². The second-order valence-corrected chi connectivity index (χ2v) is 3.98. The van der Waals surface area contributed by atoms with Crippen molar-refractivity contribution >= 4 is 5.95 Å². The van der Waals surface area contributed by atoms with Crippen molar-refractivity contribution in [3.05, 3.63) is 29.8 Å². The van der Waals surface area contributed by atoms with E-state index in [-0.39, 0.29) is 17.8 Å². The highest BCUT2D eigenvalue weighted by atomic mass is 16.5. The number of hydrogen-bond acceptors (Lipinski definition) is 7. The number of phenols is 1. The number of hydrogen-bond donors (Lipinski definition) is 2. The zero-order valence-corrected chi connectivity index (χ0v) is 11.3. The summed E-state index contributed by atoms with van der Waals surface area (Å²) in [6.07, 6.45) is 0.774. The maximum atomic E-state index is 9.21. The standard InChI is InChI=1S/C13H16N4O3/c1-19-12-15-11(16-13(17-12)20-2)14-8-7-9-3-5-10(18)6-4-9/h3-6,18H,7-8H2,1-2H3,(H,14,15,16,17). The van der Waals surface area contributed by atoms with E-state index in [9.17, 15) is 5.11 Å². The fourth-order valence-electron chi connectivity index (χ4n) is 1.58. The molecule has 1 aromatic carbocycles. The second-order valence-electron chi connectivity index (χ2n) is 3.98. The largest absolute Gasteiger partial charge is 0.508 e. The van der Waals surface area contributed by atoms with Crippen molar-refractivity contribution in [2.75, 3.05) is 26.1 Å². The molecule has 7 heteroatoms. The van der Waals surface area contributed by atoms with Crippen LogP contribution < -0.4 is 14.8 Å². The third kappa shape index (κ3) is 3.71. The van der Waals surface area contributed by atoms with Gasteiger partial charge >= 0.3 is 12.0 Å². The van der Waals surface area contributed by atoms with Gasteiger partial charge in [-0.1, -0.05) is 12.1 Å². The molecule has 0 fully saturated rings. The summed E-state index contributed by atoms with van der Waals surface area (Å²) in [5, 5.41) is 12.3. The third-order valence-electron chi connectivity index (χ3n) is 2.59. The zero-order chi connectivity index (χ0) is 14.4. The molecule has 2 N–H and O–H groups in total. The zero-order valence-electron chi connectivity index (χ0n) is 11.3. The molecule has 20 heavy (non-hydrogen) atoms. The predicted octanol–water partition coefficient (Wildman–Crippen LogP) is 1.25. The Morgan fingerprint density at radius 2 is 1.60 bits per heavy atom. The molecule has 7 nitrogen and oxygen atoms in total. The van der Waals surface area contributed by atoms with Gasteiger partial charge < -0.3 is 19.9 Å². The fourth-order valence-corrected chi connectivity index (χ4v) is 1.58. The van der Waals surface area contributed by atoms with E-state index in [2.05, 4.69) is 20.3 Å². The van der Waals surface area contributed by atoms with Crippen molar-refractivity contribution in [2.24, 2.45) is 0 Å². The number of benzene rings is 1. The van der Waals surface area contributed by atoms with E-state index in [1.807, 2.05) is 12.1 Å². The smallest absolute Gasteiger partial charge is 0.324 e. The van der Waals surface area contributed by atoms with Crippen LogP contribution in [0.25, 0.3) is 0 Å². The molecule has 0 amide bonds. The van der Waals surface area contributed by atoms with Gasteiger partial charge in [0.2, 0.25) is 5.95 Å². The Kier molecular flexibility index (Phi) is 4.54. The number of anilines is 1. The van der Waals surface area contributed by atoms with Gasteiger partial charge in [-0.15, -0.1) is 4.98 Å². The van der Waals surface area contributed by atoms with E-state index < -0.39 is 0 Å². The maximum Gasteiger partial charge on any atom is 0.324 e. The van der Waals surface area contributed by atoms with Crippen LogP contribution in [0.15, 0.2) is 24.3 Å². The van der Waals surface area contributed by atoms with Crippen LogP contribution in [0.5, 0.6) is 17.8 Å². The molecule has 1 aromatic heterocycles. The van der Waals surface area contributed by atoms with Crippen molar-refractivity contribution in [3.63, 3.8) is 0 Å². The Morgan fingerprint density at radius 3 is 2.15 bits per heavy atom. The predicted molar refractivity (Wildman–Crippen MR) is 73.2 cm³/mol. The van der Waals surface area contributed by atoms with E-state index in [0.717, 1.165) is 12.0 Å². The van der Waals surface area contributed by atoms with Crippen LogP contribution >= 0.6 is 0 Å². The minimum absolute atomic E-state index is 0.198. The van der Waals surface area contributed by atoms with Crippen molar-refractivity contribution in [3.8, 4) is 17.8 Å². The summed E-state index contributed by atoms with van der Waals surface area (Å²) < 4.78 is 9.93. The summed E-state index contributed by atoms with van der Waals surface area (Å²) in [4.78, 5) is 12.1. The molecular weight excluding hydrogens is 260 g/mol. The maximum absolute atomic E-state index is 9.21. The Balaban J connectivity index is 1.94. The van der Waals surface area contributed by atoms with Gasteiger partial charge in [0.25, 0.3) is 0 Å². The lowest BCUT2D eigenvalue weighted by Crippen LogP contribution is -2.10. The molecule has 2 rings (SSSR count). The van der Waals surface area contributed by atoms with Crippen LogP contribution in [0.1, 0.15) is 5.56 Å². The van der Waals surface area contributed by atoms with Gasteiger partial charge in [0.05, 0.1) is 14.2 Å². The number of aromatic nitrogens is 3. The van der Waals surface area contributed by atoms with Gasteiger partial charge in [-0.2, -0.15) is 9.97 Å². The molecule has 0 saturated heterocycles. The average molecular weight is 276 g/mol. The van der Waals surface area contributed by atoms with E-state index >= 15 is 0 Å². The lowest BCUT2D eigenvalue weighted by atomic mass is 10.1. The van der Waals surface area contributed by atoms with Crippen LogP contribution in [0, 0.1) is 0 Å².